The third-order valence-corrected chi connectivity index (χ3v) is 7.98. The number of fused-ring (bicyclic) bond motifs is 1. The largest absolute Gasteiger partial charge is 0.465 e. The SMILES string of the molecule is COC(=O)c1c(S(=O)(=O)Nc2cccc(C)c2)sc2c1CCN(C(=O)CC(C)C)C2. The van der Waals surface area contributed by atoms with E-state index in [-0.39, 0.29) is 21.6 Å². The molecule has 7 nitrogen and oxygen atoms in total. The minimum absolute atomic E-state index is 0.0333. The molecule has 1 amide bonds. The van der Waals surface area contributed by atoms with Crippen LogP contribution >= 0.6 is 11.3 Å². The summed E-state index contributed by atoms with van der Waals surface area (Å²) in [5, 5.41) is 0. The van der Waals surface area contributed by atoms with Crippen LogP contribution in [-0.2, 0) is 32.5 Å². The van der Waals surface area contributed by atoms with Crippen LogP contribution in [-0.4, -0.2) is 38.8 Å². The van der Waals surface area contributed by atoms with Gasteiger partial charge in [0, 0.05) is 23.5 Å². The van der Waals surface area contributed by atoms with Gasteiger partial charge in [-0.15, -0.1) is 11.3 Å². The number of rotatable bonds is 6. The van der Waals surface area contributed by atoms with E-state index < -0.39 is 16.0 Å². The van der Waals surface area contributed by atoms with Crippen LogP contribution in [0.2, 0.25) is 0 Å². The van der Waals surface area contributed by atoms with E-state index in [1.807, 2.05) is 26.8 Å². The second kappa shape index (κ2) is 8.77. The minimum atomic E-state index is -4.00. The highest BCUT2D eigenvalue weighted by Crippen LogP contribution is 2.37. The number of methoxy groups -OCH3 is 1. The number of thiophene rings is 1. The molecule has 1 aliphatic heterocycles. The molecule has 0 unspecified atom stereocenters. The summed E-state index contributed by atoms with van der Waals surface area (Å²) >= 11 is 1.03. The number of carbonyl (C=O) groups is 2. The molecule has 9 heteroatoms. The van der Waals surface area contributed by atoms with Gasteiger partial charge < -0.3 is 9.64 Å². The van der Waals surface area contributed by atoms with Crippen LogP contribution in [0.25, 0.3) is 0 Å². The van der Waals surface area contributed by atoms with Crippen LogP contribution in [0.3, 0.4) is 0 Å². The highest BCUT2D eigenvalue weighted by atomic mass is 32.2. The molecule has 0 radical (unpaired) electrons. The van der Waals surface area contributed by atoms with Gasteiger partial charge in [-0.3, -0.25) is 9.52 Å². The molecule has 30 heavy (non-hydrogen) atoms. The van der Waals surface area contributed by atoms with Crippen molar-refractivity contribution < 1.29 is 22.7 Å². The van der Waals surface area contributed by atoms with Crippen LogP contribution in [0.15, 0.2) is 28.5 Å². The van der Waals surface area contributed by atoms with Gasteiger partial charge in [0.15, 0.2) is 4.21 Å². The fourth-order valence-corrected chi connectivity index (χ4v) is 6.43. The number of aryl methyl sites for hydroxylation is 1. The molecule has 1 aromatic heterocycles. The highest BCUT2D eigenvalue weighted by Gasteiger charge is 2.35. The van der Waals surface area contributed by atoms with Crippen molar-refractivity contribution in [2.75, 3.05) is 18.4 Å². The molecule has 1 N–H and O–H groups in total. The van der Waals surface area contributed by atoms with Crippen molar-refractivity contribution in [3.63, 3.8) is 0 Å². The molecule has 0 aliphatic carbocycles. The lowest BCUT2D eigenvalue weighted by molar-refractivity contribution is -0.132. The maximum absolute atomic E-state index is 13.1. The third kappa shape index (κ3) is 4.67. The molecule has 0 spiro atoms. The minimum Gasteiger partial charge on any atom is -0.465 e. The van der Waals surface area contributed by atoms with Gasteiger partial charge in [0.2, 0.25) is 5.91 Å². The Morgan fingerprint density at radius 1 is 1.30 bits per heavy atom. The molecule has 0 bridgehead atoms. The Balaban J connectivity index is 1.98. The first-order chi connectivity index (χ1) is 14.1. The molecule has 0 atom stereocenters. The summed E-state index contributed by atoms with van der Waals surface area (Å²) in [4.78, 5) is 27.4. The summed E-state index contributed by atoms with van der Waals surface area (Å²) in [7, 11) is -2.77. The fourth-order valence-electron chi connectivity index (χ4n) is 3.48. The maximum atomic E-state index is 13.1. The summed E-state index contributed by atoms with van der Waals surface area (Å²) in [6.45, 7) is 6.58. The zero-order chi connectivity index (χ0) is 22.1. The molecule has 1 aromatic carbocycles. The van der Waals surface area contributed by atoms with Gasteiger partial charge in [-0.2, -0.15) is 0 Å². The van der Waals surface area contributed by atoms with Gasteiger partial charge in [0.05, 0.1) is 19.2 Å². The van der Waals surface area contributed by atoms with Crippen molar-refractivity contribution in [2.45, 2.75) is 44.4 Å². The molecule has 2 aromatic rings. The maximum Gasteiger partial charge on any atom is 0.340 e. The number of hydrogen-bond acceptors (Lipinski definition) is 6. The topological polar surface area (TPSA) is 92.8 Å². The summed E-state index contributed by atoms with van der Waals surface area (Å²) in [5.74, 6) is -0.410. The lowest BCUT2D eigenvalue weighted by Gasteiger charge is -2.27. The molecule has 2 heterocycles. The average Bonchev–Trinajstić information content (AvgIpc) is 3.06. The number of anilines is 1. The first kappa shape index (κ1) is 22.3. The summed E-state index contributed by atoms with van der Waals surface area (Å²) < 4.78 is 33.7. The highest BCUT2D eigenvalue weighted by molar-refractivity contribution is 7.94. The van der Waals surface area contributed by atoms with Crippen LogP contribution in [0.1, 0.15) is 46.6 Å². The molecule has 3 rings (SSSR count). The van der Waals surface area contributed by atoms with Crippen LogP contribution in [0, 0.1) is 12.8 Å². The van der Waals surface area contributed by atoms with E-state index in [1.165, 1.54) is 7.11 Å². The van der Waals surface area contributed by atoms with E-state index in [2.05, 4.69) is 4.72 Å². The molecule has 0 fully saturated rings. The zero-order valence-electron chi connectivity index (χ0n) is 17.5. The average molecular weight is 451 g/mol. The molecule has 0 saturated carbocycles. The van der Waals surface area contributed by atoms with E-state index in [4.69, 9.17) is 4.74 Å². The van der Waals surface area contributed by atoms with Crippen LogP contribution in [0.5, 0.6) is 0 Å². The van der Waals surface area contributed by atoms with Gasteiger partial charge in [0.1, 0.15) is 0 Å². The Bertz CT molecular complexity index is 1070. The zero-order valence-corrected chi connectivity index (χ0v) is 19.2. The molecular formula is C21H26N2O5S2. The quantitative estimate of drug-likeness (QED) is 0.679. The van der Waals surface area contributed by atoms with Crippen molar-refractivity contribution in [1.29, 1.82) is 0 Å². The predicted molar refractivity (Wildman–Crippen MR) is 116 cm³/mol. The van der Waals surface area contributed by atoms with Gasteiger partial charge in [-0.05, 0) is 42.5 Å². The normalized spacial score (nSPS) is 13.8. The summed E-state index contributed by atoms with van der Waals surface area (Å²) in [5.41, 5.74) is 2.07. The monoisotopic (exact) mass is 450 g/mol. The van der Waals surface area contributed by atoms with Crippen LogP contribution in [0.4, 0.5) is 5.69 Å². The van der Waals surface area contributed by atoms with Gasteiger partial charge in [-0.1, -0.05) is 26.0 Å². The van der Waals surface area contributed by atoms with Crippen LogP contribution < -0.4 is 4.72 Å². The van der Waals surface area contributed by atoms with E-state index in [1.54, 1.807) is 23.1 Å². The predicted octanol–water partition coefficient (Wildman–Crippen LogP) is 3.57. The van der Waals surface area contributed by atoms with E-state index in [0.29, 0.717) is 42.1 Å². The second-order valence-corrected chi connectivity index (χ2v) is 10.8. The van der Waals surface area contributed by atoms with Crippen molar-refractivity contribution in [3.05, 3.63) is 45.8 Å². The Labute approximate surface area is 181 Å². The number of hydrogen-bond donors (Lipinski definition) is 1. The third-order valence-electron chi connectivity index (χ3n) is 4.86. The smallest absolute Gasteiger partial charge is 0.340 e. The number of benzene rings is 1. The Kier molecular flexibility index (Phi) is 6.52. The number of amides is 1. The number of carbonyl (C=O) groups excluding carboxylic acids is 2. The van der Waals surface area contributed by atoms with Gasteiger partial charge >= 0.3 is 5.97 Å². The fraction of sp³-hybridized carbons (Fsp3) is 0.429. The van der Waals surface area contributed by atoms with Crippen molar-refractivity contribution in [3.8, 4) is 0 Å². The lowest BCUT2D eigenvalue weighted by Crippen LogP contribution is -2.36. The Morgan fingerprint density at radius 3 is 2.67 bits per heavy atom. The standard InChI is InChI=1S/C21H26N2O5S2/c1-13(2)10-18(24)23-9-8-16-17(12-23)29-21(19(16)20(25)28-4)30(26,27)22-15-7-5-6-14(3)11-15/h5-7,11,13,22H,8-10,12H2,1-4H3. The van der Waals surface area contributed by atoms with Gasteiger partial charge in [0.25, 0.3) is 10.0 Å². The number of sulfonamides is 1. The summed E-state index contributed by atoms with van der Waals surface area (Å²) in [6.07, 6.45) is 0.852. The number of esters is 1. The summed E-state index contributed by atoms with van der Waals surface area (Å²) in [6, 6.07) is 6.99. The van der Waals surface area contributed by atoms with Gasteiger partial charge in [-0.25, -0.2) is 13.2 Å². The number of nitrogens with one attached hydrogen (secondary N) is 1. The molecule has 162 valence electrons. The van der Waals surface area contributed by atoms with E-state index in [0.717, 1.165) is 16.9 Å². The molecule has 0 saturated heterocycles. The van der Waals surface area contributed by atoms with Crippen molar-refractivity contribution in [2.24, 2.45) is 5.92 Å². The van der Waals surface area contributed by atoms with E-state index in [9.17, 15) is 18.0 Å². The van der Waals surface area contributed by atoms with Crippen molar-refractivity contribution >= 4 is 38.9 Å². The van der Waals surface area contributed by atoms with E-state index >= 15 is 0 Å². The lowest BCUT2D eigenvalue weighted by atomic mass is 10.0. The first-order valence-electron chi connectivity index (χ1n) is 9.72. The Hall–Kier alpha value is -2.39. The number of nitrogens with zero attached hydrogens (tertiary/aromatic N) is 1. The number of ether oxygens (including phenoxy) is 1. The second-order valence-electron chi connectivity index (χ2n) is 7.80. The first-order valence-corrected chi connectivity index (χ1v) is 12.0. The molecule has 1 aliphatic rings. The Morgan fingerprint density at radius 2 is 2.03 bits per heavy atom. The van der Waals surface area contributed by atoms with Crippen molar-refractivity contribution in [1.82, 2.24) is 4.90 Å². The molecular weight excluding hydrogens is 424 g/mol.